The van der Waals surface area contributed by atoms with Crippen molar-refractivity contribution in [3.63, 3.8) is 0 Å². The largest absolute Gasteiger partial charge is 0.356 e. The van der Waals surface area contributed by atoms with Gasteiger partial charge in [-0.15, -0.1) is 5.10 Å². The van der Waals surface area contributed by atoms with Gasteiger partial charge in [-0.2, -0.15) is 0 Å². The van der Waals surface area contributed by atoms with Crippen LogP contribution in [0.25, 0.3) is 28.4 Å². The molecule has 1 amide bonds. The Hall–Kier alpha value is -3.75. The van der Waals surface area contributed by atoms with Gasteiger partial charge in [0.25, 0.3) is 5.56 Å². The van der Waals surface area contributed by atoms with Crippen molar-refractivity contribution in [3.8, 4) is 22.8 Å². The van der Waals surface area contributed by atoms with Gasteiger partial charge in [0.2, 0.25) is 11.6 Å². The third kappa shape index (κ3) is 3.61. The lowest BCUT2D eigenvalue weighted by atomic mass is 10.1. The second-order valence-corrected chi connectivity index (χ2v) is 7.37. The van der Waals surface area contributed by atoms with Crippen molar-refractivity contribution in [1.29, 1.82) is 0 Å². The third-order valence-electron chi connectivity index (χ3n) is 4.83. The number of aromatic nitrogens is 6. The van der Waals surface area contributed by atoms with Crippen molar-refractivity contribution < 1.29 is 4.79 Å². The number of carbonyl (C=O) groups is 1. The fraction of sp³-hybridized carbons (Fsp3) is 0.286. The monoisotopic (exact) mass is 405 g/mol. The van der Waals surface area contributed by atoms with Crippen LogP contribution in [0.3, 0.4) is 0 Å². The number of nitrogens with one attached hydrogen (secondary N) is 2. The van der Waals surface area contributed by atoms with Gasteiger partial charge in [0.1, 0.15) is 5.69 Å². The molecule has 9 nitrogen and oxygen atoms in total. The summed E-state index contributed by atoms with van der Waals surface area (Å²) in [5.74, 6) is 0.501. The Bertz CT molecular complexity index is 1250. The molecule has 3 heterocycles. The third-order valence-corrected chi connectivity index (χ3v) is 4.83. The summed E-state index contributed by atoms with van der Waals surface area (Å²) in [6.45, 7) is 5.94. The van der Waals surface area contributed by atoms with Gasteiger partial charge in [0.15, 0.2) is 5.82 Å². The summed E-state index contributed by atoms with van der Waals surface area (Å²) in [4.78, 5) is 35.8. The van der Waals surface area contributed by atoms with Gasteiger partial charge in [-0.1, -0.05) is 18.2 Å². The smallest absolute Gasteiger partial charge is 0.297 e. The first-order chi connectivity index (χ1) is 14.5. The van der Waals surface area contributed by atoms with Crippen molar-refractivity contribution >= 4 is 11.6 Å². The summed E-state index contributed by atoms with van der Waals surface area (Å²) < 4.78 is 3.22. The molecule has 4 rings (SSSR count). The second kappa shape index (κ2) is 7.94. The molecule has 3 aromatic heterocycles. The van der Waals surface area contributed by atoms with Gasteiger partial charge in [-0.25, -0.2) is 14.5 Å². The first kappa shape index (κ1) is 19.6. The van der Waals surface area contributed by atoms with E-state index in [2.05, 4.69) is 20.3 Å². The van der Waals surface area contributed by atoms with Crippen LogP contribution in [0.15, 0.2) is 47.8 Å². The topological polar surface area (TPSA) is 110 Å². The van der Waals surface area contributed by atoms with Crippen molar-refractivity contribution in [2.75, 3.05) is 6.54 Å². The molecule has 0 saturated heterocycles. The van der Waals surface area contributed by atoms with Crippen LogP contribution in [0.2, 0.25) is 0 Å². The number of hydrogen-bond donors (Lipinski definition) is 2. The van der Waals surface area contributed by atoms with Crippen LogP contribution in [-0.4, -0.2) is 41.6 Å². The molecule has 9 heteroatoms. The van der Waals surface area contributed by atoms with Crippen LogP contribution in [-0.2, 0) is 11.2 Å². The zero-order chi connectivity index (χ0) is 21.3. The maximum atomic E-state index is 13.2. The number of imidazole rings is 2. The highest BCUT2D eigenvalue weighted by atomic mass is 16.1. The summed E-state index contributed by atoms with van der Waals surface area (Å²) in [5.41, 5.74) is 3.33. The summed E-state index contributed by atoms with van der Waals surface area (Å²) >= 11 is 0. The van der Waals surface area contributed by atoms with E-state index in [9.17, 15) is 9.59 Å². The van der Waals surface area contributed by atoms with Crippen molar-refractivity contribution in [3.05, 3.63) is 58.9 Å². The minimum Gasteiger partial charge on any atom is -0.356 e. The molecule has 0 saturated carbocycles. The maximum Gasteiger partial charge on any atom is 0.297 e. The molecule has 0 bridgehead atoms. The van der Waals surface area contributed by atoms with E-state index in [4.69, 9.17) is 5.10 Å². The quantitative estimate of drug-likeness (QED) is 0.511. The van der Waals surface area contributed by atoms with Crippen molar-refractivity contribution in [2.45, 2.75) is 33.2 Å². The number of aromatic amines is 1. The maximum absolute atomic E-state index is 13.2. The number of benzene rings is 1. The van der Waals surface area contributed by atoms with Crippen LogP contribution < -0.4 is 10.9 Å². The van der Waals surface area contributed by atoms with Crippen LogP contribution in [0, 0.1) is 0 Å². The minimum atomic E-state index is -0.204. The van der Waals surface area contributed by atoms with E-state index < -0.39 is 0 Å². The van der Waals surface area contributed by atoms with E-state index in [0.717, 1.165) is 16.8 Å². The summed E-state index contributed by atoms with van der Waals surface area (Å²) in [6, 6.07) is 7.76. The standard InChI is InChI=1S/C21H23N7O2/c1-13(2)27-19(16-6-4-5-15(9-16)7-8-23-14(3)29)26-28-18(17-10-22-12-25-17)11-24-20(28)21(27)30/h4-6,9-13H,7-8H2,1-3H3,(H,22,25)(H,23,29). The lowest BCUT2D eigenvalue weighted by Crippen LogP contribution is -2.28. The van der Waals surface area contributed by atoms with Gasteiger partial charge in [0.05, 0.1) is 24.4 Å². The normalized spacial score (nSPS) is 11.3. The SMILES string of the molecule is CC(=O)NCCc1cccc(-c2nn3c(-c4cnc[nH]4)cnc3c(=O)n2C(C)C)c1. The zero-order valence-electron chi connectivity index (χ0n) is 17.1. The second-order valence-electron chi connectivity index (χ2n) is 7.37. The Balaban J connectivity index is 1.85. The number of carbonyl (C=O) groups excluding carboxylic acids is 1. The minimum absolute atomic E-state index is 0.0571. The van der Waals surface area contributed by atoms with E-state index in [1.165, 1.54) is 6.92 Å². The molecule has 0 atom stereocenters. The molecule has 0 aliphatic rings. The highest BCUT2D eigenvalue weighted by molar-refractivity contribution is 5.72. The Labute approximate surface area is 172 Å². The number of nitrogens with zero attached hydrogens (tertiary/aromatic N) is 5. The van der Waals surface area contributed by atoms with Crippen molar-refractivity contribution in [2.24, 2.45) is 0 Å². The van der Waals surface area contributed by atoms with E-state index in [1.807, 2.05) is 38.1 Å². The van der Waals surface area contributed by atoms with Crippen LogP contribution in [0.5, 0.6) is 0 Å². The molecule has 154 valence electrons. The molecule has 0 spiro atoms. The van der Waals surface area contributed by atoms with Gasteiger partial charge in [-0.05, 0) is 31.9 Å². The molecule has 1 aromatic carbocycles. The van der Waals surface area contributed by atoms with Gasteiger partial charge >= 0.3 is 0 Å². The summed E-state index contributed by atoms with van der Waals surface area (Å²) in [6.07, 6.45) is 5.55. The van der Waals surface area contributed by atoms with E-state index in [0.29, 0.717) is 24.5 Å². The molecule has 0 aliphatic heterocycles. The predicted molar refractivity (Wildman–Crippen MR) is 113 cm³/mol. The van der Waals surface area contributed by atoms with Crippen LogP contribution in [0.1, 0.15) is 32.4 Å². The lowest BCUT2D eigenvalue weighted by molar-refractivity contribution is -0.118. The molecule has 0 unspecified atom stereocenters. The number of amides is 1. The zero-order valence-corrected chi connectivity index (χ0v) is 17.1. The number of rotatable bonds is 6. The molecule has 2 N–H and O–H groups in total. The molecule has 30 heavy (non-hydrogen) atoms. The van der Waals surface area contributed by atoms with E-state index in [-0.39, 0.29) is 23.2 Å². The average Bonchev–Trinajstić information content (AvgIpc) is 3.37. The summed E-state index contributed by atoms with van der Waals surface area (Å²) in [7, 11) is 0. The van der Waals surface area contributed by atoms with Gasteiger partial charge < -0.3 is 10.3 Å². The Morgan fingerprint density at radius 3 is 2.80 bits per heavy atom. The fourth-order valence-corrected chi connectivity index (χ4v) is 3.44. The molecule has 0 aliphatic carbocycles. The Morgan fingerprint density at radius 2 is 2.10 bits per heavy atom. The first-order valence-electron chi connectivity index (χ1n) is 9.78. The van der Waals surface area contributed by atoms with Gasteiger partial charge in [-0.3, -0.25) is 14.2 Å². The lowest BCUT2D eigenvalue weighted by Gasteiger charge is -2.16. The van der Waals surface area contributed by atoms with E-state index in [1.54, 1.807) is 27.8 Å². The Kier molecular flexibility index (Phi) is 5.18. The van der Waals surface area contributed by atoms with Crippen LogP contribution >= 0.6 is 0 Å². The molecule has 0 fully saturated rings. The highest BCUT2D eigenvalue weighted by Gasteiger charge is 2.19. The van der Waals surface area contributed by atoms with E-state index >= 15 is 0 Å². The number of H-pyrrole nitrogens is 1. The molecular weight excluding hydrogens is 382 g/mol. The molecule has 0 radical (unpaired) electrons. The average molecular weight is 405 g/mol. The Morgan fingerprint density at radius 1 is 1.27 bits per heavy atom. The van der Waals surface area contributed by atoms with Crippen molar-refractivity contribution in [1.82, 2.24) is 34.4 Å². The van der Waals surface area contributed by atoms with Gasteiger partial charge in [0, 0.05) is 25.1 Å². The number of hydrogen-bond acceptors (Lipinski definition) is 5. The number of fused-ring (bicyclic) bond motifs is 1. The summed E-state index contributed by atoms with van der Waals surface area (Å²) in [5, 5.41) is 7.60. The first-order valence-corrected chi connectivity index (χ1v) is 9.78. The fourth-order valence-electron chi connectivity index (χ4n) is 3.44. The predicted octanol–water partition coefficient (Wildman–Crippen LogP) is 2.21. The molecular formula is C21H23N7O2. The highest BCUT2D eigenvalue weighted by Crippen LogP contribution is 2.23. The van der Waals surface area contributed by atoms with Crippen LogP contribution in [0.4, 0.5) is 0 Å². The molecule has 4 aromatic rings.